The van der Waals surface area contributed by atoms with E-state index in [0.29, 0.717) is 5.17 Å². The molecule has 0 saturated carbocycles. The minimum atomic E-state index is -0.592. The molecule has 1 amide bonds. The summed E-state index contributed by atoms with van der Waals surface area (Å²) in [5.74, 6) is -0.993. The first-order valence-electron chi connectivity index (χ1n) is 9.93. The smallest absolute Gasteiger partial charge is 0.331 e. The highest BCUT2D eigenvalue weighted by Crippen LogP contribution is 2.26. The van der Waals surface area contributed by atoms with Gasteiger partial charge in [-0.2, -0.15) is 5.10 Å². The predicted octanol–water partition coefficient (Wildman–Crippen LogP) is 4.23. The van der Waals surface area contributed by atoms with Gasteiger partial charge >= 0.3 is 5.97 Å². The van der Waals surface area contributed by atoms with E-state index in [9.17, 15) is 9.59 Å². The van der Waals surface area contributed by atoms with Gasteiger partial charge in [0.15, 0.2) is 5.17 Å². The lowest BCUT2D eigenvalue weighted by atomic mass is 10.1. The van der Waals surface area contributed by atoms with Crippen LogP contribution in [-0.4, -0.2) is 36.9 Å². The Morgan fingerprint density at radius 2 is 1.84 bits per heavy atom. The summed E-state index contributed by atoms with van der Waals surface area (Å²) in [6.07, 6.45) is 4.97. The molecular weight excluding hydrogens is 412 g/mol. The maximum Gasteiger partial charge on any atom is 0.331 e. The SMILES string of the molecule is CCCCN(c1ccccc1)c1ccc(C=N/N=C2/NC(=O)/C(=C\C(=O)OC)S2)cc1. The number of anilines is 2. The molecule has 0 spiro atoms. The van der Waals surface area contributed by atoms with Crippen molar-refractivity contribution in [2.75, 3.05) is 18.6 Å². The number of esters is 1. The molecule has 0 aliphatic carbocycles. The van der Waals surface area contributed by atoms with Crippen LogP contribution in [0.15, 0.2) is 75.8 Å². The van der Waals surface area contributed by atoms with Gasteiger partial charge in [0.2, 0.25) is 0 Å². The van der Waals surface area contributed by atoms with Crippen molar-refractivity contribution in [1.82, 2.24) is 5.32 Å². The monoisotopic (exact) mass is 436 g/mol. The first-order valence-corrected chi connectivity index (χ1v) is 10.7. The molecule has 3 rings (SSSR count). The number of methoxy groups -OCH3 is 1. The number of amides is 1. The molecule has 1 N–H and O–H groups in total. The second kappa shape index (κ2) is 11.1. The summed E-state index contributed by atoms with van der Waals surface area (Å²) < 4.78 is 4.53. The number of nitrogens with one attached hydrogen (secondary N) is 1. The molecule has 31 heavy (non-hydrogen) atoms. The van der Waals surface area contributed by atoms with E-state index in [0.717, 1.165) is 54.2 Å². The first-order chi connectivity index (χ1) is 15.1. The Bertz CT molecular complexity index is 1000. The van der Waals surface area contributed by atoms with E-state index in [1.54, 1.807) is 6.21 Å². The summed E-state index contributed by atoms with van der Waals surface area (Å²) in [5.41, 5.74) is 3.16. The molecule has 0 bridgehead atoms. The van der Waals surface area contributed by atoms with Crippen molar-refractivity contribution >= 4 is 46.4 Å². The van der Waals surface area contributed by atoms with Crippen LogP contribution in [-0.2, 0) is 14.3 Å². The van der Waals surface area contributed by atoms with Crippen molar-refractivity contribution in [3.05, 3.63) is 71.1 Å². The van der Waals surface area contributed by atoms with Crippen molar-refractivity contribution in [1.29, 1.82) is 0 Å². The number of carbonyl (C=O) groups is 2. The van der Waals surface area contributed by atoms with Gasteiger partial charge in [0.25, 0.3) is 5.91 Å². The molecule has 0 atom stereocenters. The predicted molar refractivity (Wildman–Crippen MR) is 126 cm³/mol. The molecule has 2 aromatic rings. The largest absolute Gasteiger partial charge is 0.466 e. The Morgan fingerprint density at radius 3 is 2.52 bits per heavy atom. The number of benzene rings is 2. The standard InChI is InChI=1S/C23H24N4O3S/c1-3-4-14-27(18-8-6-5-7-9-18)19-12-10-17(11-13-19)16-24-26-23-25-22(29)20(31-23)15-21(28)30-2/h5-13,15-16H,3-4,14H2,1-2H3,(H,25,26,29)/b20-15+,24-16?. The van der Waals surface area contributed by atoms with Crippen LogP contribution in [0.3, 0.4) is 0 Å². The number of para-hydroxylation sites is 1. The van der Waals surface area contributed by atoms with Crippen LogP contribution in [0.4, 0.5) is 11.4 Å². The maximum absolute atomic E-state index is 11.8. The van der Waals surface area contributed by atoms with E-state index < -0.39 is 11.9 Å². The fourth-order valence-electron chi connectivity index (χ4n) is 2.86. The van der Waals surface area contributed by atoms with Gasteiger partial charge in [0.1, 0.15) is 0 Å². The number of hydrogen-bond acceptors (Lipinski definition) is 7. The Hall–Kier alpha value is -3.39. The topological polar surface area (TPSA) is 83.4 Å². The van der Waals surface area contributed by atoms with Crippen molar-refractivity contribution in [2.24, 2.45) is 10.2 Å². The van der Waals surface area contributed by atoms with Gasteiger partial charge in [-0.1, -0.05) is 43.7 Å². The van der Waals surface area contributed by atoms with Gasteiger partial charge in [-0.3, -0.25) is 10.1 Å². The lowest BCUT2D eigenvalue weighted by Gasteiger charge is -2.25. The van der Waals surface area contributed by atoms with Gasteiger partial charge in [-0.25, -0.2) is 4.79 Å². The van der Waals surface area contributed by atoms with Gasteiger partial charge in [-0.05, 0) is 48.0 Å². The van der Waals surface area contributed by atoms with Crippen LogP contribution >= 0.6 is 11.8 Å². The molecule has 2 aromatic carbocycles. The summed E-state index contributed by atoms with van der Waals surface area (Å²) in [7, 11) is 1.25. The number of unbranched alkanes of at least 4 members (excludes halogenated alkanes) is 1. The highest BCUT2D eigenvalue weighted by atomic mass is 32.2. The third-order valence-corrected chi connectivity index (χ3v) is 5.36. The molecule has 1 saturated heterocycles. The van der Waals surface area contributed by atoms with E-state index in [4.69, 9.17) is 0 Å². The summed E-state index contributed by atoms with van der Waals surface area (Å²) in [4.78, 5) is 25.6. The average molecular weight is 437 g/mol. The number of ether oxygens (including phenoxy) is 1. The Morgan fingerprint density at radius 1 is 1.13 bits per heavy atom. The molecule has 1 fully saturated rings. The quantitative estimate of drug-likeness (QED) is 0.290. The van der Waals surface area contributed by atoms with Crippen LogP contribution in [0, 0.1) is 0 Å². The second-order valence-electron chi connectivity index (χ2n) is 6.67. The number of rotatable bonds is 8. The zero-order chi connectivity index (χ0) is 22.1. The van der Waals surface area contributed by atoms with Crippen LogP contribution in [0.1, 0.15) is 25.3 Å². The highest BCUT2D eigenvalue weighted by molar-refractivity contribution is 8.18. The minimum absolute atomic E-state index is 0.221. The number of nitrogens with zero attached hydrogens (tertiary/aromatic N) is 3. The third kappa shape index (κ3) is 6.29. The van der Waals surface area contributed by atoms with E-state index in [2.05, 4.69) is 56.3 Å². The van der Waals surface area contributed by atoms with Gasteiger partial charge in [-0.15, -0.1) is 5.10 Å². The molecule has 7 nitrogen and oxygen atoms in total. The van der Waals surface area contributed by atoms with Crippen LogP contribution in [0.2, 0.25) is 0 Å². The highest BCUT2D eigenvalue weighted by Gasteiger charge is 2.25. The van der Waals surface area contributed by atoms with Crippen LogP contribution in [0.5, 0.6) is 0 Å². The first kappa shape index (κ1) is 22.3. The summed E-state index contributed by atoms with van der Waals surface area (Å²) in [6, 6.07) is 18.4. The van der Waals surface area contributed by atoms with E-state index in [-0.39, 0.29) is 4.91 Å². The normalized spacial score (nSPS) is 16.1. The van der Waals surface area contributed by atoms with Crippen LogP contribution in [0.25, 0.3) is 0 Å². The number of carbonyl (C=O) groups excluding carboxylic acids is 2. The molecule has 1 aliphatic heterocycles. The molecule has 1 heterocycles. The van der Waals surface area contributed by atoms with Crippen LogP contribution < -0.4 is 10.2 Å². The fraction of sp³-hybridized carbons (Fsp3) is 0.217. The van der Waals surface area contributed by atoms with Crippen molar-refractivity contribution in [2.45, 2.75) is 19.8 Å². The van der Waals surface area contributed by atoms with E-state index in [1.807, 2.05) is 30.3 Å². The lowest BCUT2D eigenvalue weighted by Crippen LogP contribution is -2.19. The van der Waals surface area contributed by atoms with Crippen molar-refractivity contribution in [3.63, 3.8) is 0 Å². The summed E-state index contributed by atoms with van der Waals surface area (Å²) in [6.45, 7) is 3.13. The molecule has 8 heteroatoms. The third-order valence-electron chi connectivity index (χ3n) is 4.46. The van der Waals surface area contributed by atoms with E-state index >= 15 is 0 Å². The fourth-order valence-corrected chi connectivity index (χ4v) is 3.60. The van der Waals surface area contributed by atoms with Crippen molar-refractivity contribution < 1.29 is 14.3 Å². The zero-order valence-electron chi connectivity index (χ0n) is 17.4. The minimum Gasteiger partial charge on any atom is -0.466 e. The van der Waals surface area contributed by atoms with Gasteiger partial charge < -0.3 is 9.64 Å². The molecule has 1 aliphatic rings. The van der Waals surface area contributed by atoms with E-state index in [1.165, 1.54) is 7.11 Å². The van der Waals surface area contributed by atoms with Gasteiger partial charge in [0, 0.05) is 24.0 Å². The Balaban J connectivity index is 1.68. The summed E-state index contributed by atoms with van der Waals surface area (Å²) in [5, 5.41) is 10.9. The maximum atomic E-state index is 11.8. The molecular formula is C23H24N4O3S. The molecule has 0 unspecified atom stereocenters. The summed E-state index contributed by atoms with van der Waals surface area (Å²) >= 11 is 1.04. The second-order valence-corrected chi connectivity index (χ2v) is 7.70. The molecule has 0 radical (unpaired) electrons. The number of thioether (sulfide) groups is 1. The van der Waals surface area contributed by atoms with Gasteiger partial charge in [0.05, 0.1) is 18.2 Å². The Kier molecular flexibility index (Phi) is 8.00. The molecule has 0 aromatic heterocycles. The molecule has 160 valence electrons. The zero-order valence-corrected chi connectivity index (χ0v) is 18.3. The Labute approximate surface area is 185 Å². The lowest BCUT2D eigenvalue weighted by molar-refractivity contribution is -0.135. The number of amidine groups is 1. The average Bonchev–Trinajstić information content (AvgIpc) is 3.14. The number of hydrogen-bond donors (Lipinski definition) is 1. The van der Waals surface area contributed by atoms with Crippen molar-refractivity contribution in [3.8, 4) is 0 Å².